The molecule has 78 valence electrons. The van der Waals surface area contributed by atoms with Gasteiger partial charge in [0.1, 0.15) is 5.78 Å². The number of nitrogens with zero attached hydrogens (tertiary/aromatic N) is 1. The van der Waals surface area contributed by atoms with Crippen LogP contribution in [0, 0.1) is 0 Å². The summed E-state index contributed by atoms with van der Waals surface area (Å²) in [4.78, 5) is 11.0. The van der Waals surface area contributed by atoms with Crippen molar-refractivity contribution in [1.29, 1.82) is 0 Å². The number of halogens is 1. The van der Waals surface area contributed by atoms with Gasteiger partial charge in [-0.05, 0) is 6.92 Å². The fraction of sp³-hybridized carbons (Fsp3) is 0.600. The van der Waals surface area contributed by atoms with E-state index in [4.69, 9.17) is 11.6 Å². The number of H-pyrrole nitrogens is 1. The van der Waals surface area contributed by atoms with Crippen molar-refractivity contribution in [2.45, 2.75) is 39.5 Å². The third-order valence-corrected chi connectivity index (χ3v) is 2.31. The number of ketones is 1. The monoisotopic (exact) mass is 214 g/mol. The molecule has 1 heterocycles. The van der Waals surface area contributed by atoms with Crippen molar-refractivity contribution in [2.75, 3.05) is 0 Å². The fourth-order valence-electron chi connectivity index (χ4n) is 1.37. The normalized spacial score (nSPS) is 11.8. The van der Waals surface area contributed by atoms with Crippen LogP contribution in [-0.2, 0) is 16.6 Å². The Morgan fingerprint density at radius 3 is 2.50 bits per heavy atom. The van der Waals surface area contributed by atoms with Crippen molar-refractivity contribution >= 4 is 17.4 Å². The lowest BCUT2D eigenvalue weighted by Crippen LogP contribution is -2.15. The number of aromatic amines is 1. The summed E-state index contributed by atoms with van der Waals surface area (Å²) in [7, 11) is 0. The lowest BCUT2D eigenvalue weighted by Gasteiger charge is -2.17. The predicted molar refractivity (Wildman–Crippen MR) is 56.7 cm³/mol. The first kappa shape index (κ1) is 11.2. The topological polar surface area (TPSA) is 45.8 Å². The van der Waals surface area contributed by atoms with E-state index >= 15 is 0 Å². The number of Topliss-reactive ketones (excluding diaryl/α,β-unsaturated/α-hetero) is 1. The molecule has 0 bridgehead atoms. The third-order valence-electron chi connectivity index (χ3n) is 1.99. The minimum atomic E-state index is -0.0646. The molecule has 0 unspecified atom stereocenters. The minimum Gasteiger partial charge on any atom is -0.300 e. The summed E-state index contributed by atoms with van der Waals surface area (Å²) < 4.78 is 0. The molecule has 0 radical (unpaired) electrons. The van der Waals surface area contributed by atoms with Crippen LogP contribution in [0.15, 0.2) is 0 Å². The molecule has 0 aliphatic rings. The molecule has 0 fully saturated rings. The van der Waals surface area contributed by atoms with E-state index in [0.29, 0.717) is 11.6 Å². The van der Waals surface area contributed by atoms with Crippen molar-refractivity contribution in [1.82, 2.24) is 10.2 Å². The summed E-state index contributed by atoms with van der Waals surface area (Å²) in [6.45, 7) is 7.72. The van der Waals surface area contributed by atoms with Crippen molar-refractivity contribution in [3.63, 3.8) is 0 Å². The summed E-state index contributed by atoms with van der Waals surface area (Å²) in [6.07, 6.45) is 0.349. The van der Waals surface area contributed by atoms with Gasteiger partial charge < -0.3 is 0 Å². The summed E-state index contributed by atoms with van der Waals surface area (Å²) >= 11 is 5.90. The molecule has 0 aliphatic carbocycles. The van der Waals surface area contributed by atoms with Gasteiger partial charge in [0.15, 0.2) is 5.15 Å². The molecule has 0 saturated heterocycles. The molecule has 1 N–H and O–H groups in total. The van der Waals surface area contributed by atoms with Crippen molar-refractivity contribution in [2.24, 2.45) is 0 Å². The SMILES string of the molecule is CC(=O)Cc1c(Cl)n[nH]c1C(C)(C)C. The Kier molecular flexibility index (Phi) is 3.00. The predicted octanol–water partition coefficient (Wildman–Crippen LogP) is 2.49. The summed E-state index contributed by atoms with van der Waals surface area (Å²) in [6, 6.07) is 0. The second kappa shape index (κ2) is 3.73. The number of aromatic nitrogens is 2. The quantitative estimate of drug-likeness (QED) is 0.822. The molecule has 0 amide bonds. The molecule has 0 aliphatic heterocycles. The van der Waals surface area contributed by atoms with E-state index in [1.54, 1.807) is 6.92 Å². The highest BCUT2D eigenvalue weighted by molar-refractivity contribution is 6.30. The highest BCUT2D eigenvalue weighted by atomic mass is 35.5. The largest absolute Gasteiger partial charge is 0.300 e. The molecule has 0 spiro atoms. The number of carbonyl (C=O) groups excluding carboxylic acids is 1. The highest BCUT2D eigenvalue weighted by Gasteiger charge is 2.23. The third kappa shape index (κ3) is 2.35. The summed E-state index contributed by atoms with van der Waals surface area (Å²) in [5, 5.41) is 7.22. The maximum atomic E-state index is 11.0. The van der Waals surface area contributed by atoms with E-state index in [0.717, 1.165) is 11.3 Å². The average Bonchev–Trinajstić information content (AvgIpc) is 2.30. The lowest BCUT2D eigenvalue weighted by molar-refractivity contribution is -0.116. The molecular formula is C10H15ClN2O. The zero-order valence-corrected chi connectivity index (χ0v) is 9.70. The summed E-state index contributed by atoms with van der Waals surface area (Å²) in [5.41, 5.74) is 1.70. The maximum absolute atomic E-state index is 11.0. The average molecular weight is 215 g/mol. The van der Waals surface area contributed by atoms with E-state index in [9.17, 15) is 4.79 Å². The van der Waals surface area contributed by atoms with E-state index in [1.807, 2.05) is 0 Å². The van der Waals surface area contributed by atoms with Gasteiger partial charge in [-0.1, -0.05) is 32.4 Å². The van der Waals surface area contributed by atoms with Crippen LogP contribution in [0.2, 0.25) is 5.15 Å². The van der Waals surface area contributed by atoms with Gasteiger partial charge in [0.05, 0.1) is 0 Å². The Morgan fingerprint density at radius 2 is 2.07 bits per heavy atom. The van der Waals surface area contributed by atoms with E-state index < -0.39 is 0 Å². The zero-order valence-electron chi connectivity index (χ0n) is 8.94. The first-order valence-electron chi connectivity index (χ1n) is 4.55. The molecule has 0 saturated carbocycles. The Balaban J connectivity index is 3.13. The second-order valence-corrected chi connectivity index (χ2v) is 4.85. The van der Waals surface area contributed by atoms with Gasteiger partial charge in [0.25, 0.3) is 0 Å². The first-order valence-corrected chi connectivity index (χ1v) is 4.93. The lowest BCUT2D eigenvalue weighted by atomic mass is 9.88. The number of carbonyl (C=O) groups is 1. The standard InChI is InChI=1S/C10H15ClN2O/c1-6(14)5-7-8(10(2,3)4)12-13-9(7)11/h5H2,1-4H3,(H,12,13). The van der Waals surface area contributed by atoms with Gasteiger partial charge in [0.2, 0.25) is 0 Å². The molecule has 1 aromatic heterocycles. The smallest absolute Gasteiger partial charge is 0.154 e. The number of rotatable bonds is 2. The maximum Gasteiger partial charge on any atom is 0.154 e. The van der Waals surface area contributed by atoms with Crippen LogP contribution in [0.1, 0.15) is 39.0 Å². The molecule has 14 heavy (non-hydrogen) atoms. The van der Waals surface area contributed by atoms with Crippen LogP contribution < -0.4 is 0 Å². The zero-order chi connectivity index (χ0) is 10.9. The Morgan fingerprint density at radius 1 is 1.50 bits per heavy atom. The van der Waals surface area contributed by atoms with Crippen molar-refractivity contribution in [3.05, 3.63) is 16.4 Å². The molecular weight excluding hydrogens is 200 g/mol. The van der Waals surface area contributed by atoms with Crippen LogP contribution in [0.3, 0.4) is 0 Å². The minimum absolute atomic E-state index is 0.0646. The number of nitrogens with one attached hydrogen (secondary N) is 1. The molecule has 4 heteroatoms. The van der Waals surface area contributed by atoms with Gasteiger partial charge in [-0.3, -0.25) is 9.89 Å². The first-order chi connectivity index (χ1) is 6.32. The van der Waals surface area contributed by atoms with Gasteiger partial charge >= 0.3 is 0 Å². The fourth-order valence-corrected chi connectivity index (χ4v) is 1.58. The molecule has 0 atom stereocenters. The molecule has 3 nitrogen and oxygen atoms in total. The second-order valence-electron chi connectivity index (χ2n) is 4.50. The van der Waals surface area contributed by atoms with Gasteiger partial charge in [0, 0.05) is 23.1 Å². The number of hydrogen-bond acceptors (Lipinski definition) is 2. The van der Waals surface area contributed by atoms with Crippen molar-refractivity contribution in [3.8, 4) is 0 Å². The van der Waals surface area contributed by atoms with Crippen LogP contribution in [-0.4, -0.2) is 16.0 Å². The van der Waals surface area contributed by atoms with Crippen LogP contribution in [0.5, 0.6) is 0 Å². The van der Waals surface area contributed by atoms with Gasteiger partial charge in [-0.15, -0.1) is 0 Å². The molecule has 1 rings (SSSR count). The molecule has 0 aromatic carbocycles. The highest BCUT2D eigenvalue weighted by Crippen LogP contribution is 2.28. The Labute approximate surface area is 88.8 Å². The Bertz CT molecular complexity index is 349. The van der Waals surface area contributed by atoms with Crippen LogP contribution in [0.4, 0.5) is 0 Å². The van der Waals surface area contributed by atoms with Crippen LogP contribution >= 0.6 is 11.6 Å². The van der Waals surface area contributed by atoms with Gasteiger partial charge in [-0.25, -0.2) is 0 Å². The van der Waals surface area contributed by atoms with Gasteiger partial charge in [-0.2, -0.15) is 5.10 Å². The molecule has 1 aromatic rings. The van der Waals surface area contributed by atoms with E-state index in [-0.39, 0.29) is 11.2 Å². The Hall–Kier alpha value is -0.830. The van der Waals surface area contributed by atoms with Crippen LogP contribution in [0.25, 0.3) is 0 Å². The summed E-state index contributed by atoms with van der Waals surface area (Å²) in [5.74, 6) is 0.0961. The van der Waals surface area contributed by atoms with E-state index in [1.165, 1.54) is 0 Å². The van der Waals surface area contributed by atoms with Crippen molar-refractivity contribution < 1.29 is 4.79 Å². The number of hydrogen-bond donors (Lipinski definition) is 1. The van der Waals surface area contributed by atoms with E-state index in [2.05, 4.69) is 31.0 Å².